The van der Waals surface area contributed by atoms with E-state index in [9.17, 15) is 0 Å². The third-order valence-corrected chi connectivity index (χ3v) is 1.22. The molecule has 12 heavy (non-hydrogen) atoms. The van der Waals surface area contributed by atoms with Gasteiger partial charge in [-0.05, 0) is 13.8 Å². The van der Waals surface area contributed by atoms with Gasteiger partial charge >= 0.3 is 0 Å². The predicted octanol–water partition coefficient (Wildman–Crippen LogP) is 3.99. The van der Waals surface area contributed by atoms with E-state index >= 15 is 0 Å². The minimum absolute atomic E-state index is 0. The van der Waals surface area contributed by atoms with Gasteiger partial charge in [0.15, 0.2) is 0 Å². The van der Waals surface area contributed by atoms with E-state index in [0.29, 0.717) is 0 Å². The summed E-state index contributed by atoms with van der Waals surface area (Å²) in [6, 6.07) is 8.48. The van der Waals surface area contributed by atoms with E-state index in [1.54, 1.807) is 0 Å². The molecule has 0 aliphatic rings. The summed E-state index contributed by atoms with van der Waals surface area (Å²) in [6.07, 6.45) is 0. The Morgan fingerprint density at radius 1 is 0.583 bits per heavy atom. The zero-order valence-corrected chi connectivity index (χ0v) is 10.2. The van der Waals surface area contributed by atoms with Crippen LogP contribution in [-0.4, -0.2) is 0 Å². The lowest BCUT2D eigenvalue weighted by Gasteiger charge is -1.90. The number of hydrogen-bond acceptors (Lipinski definition) is 0. The Labute approximate surface area is 98.8 Å². The molecular weight excluding hydrogens is 238 g/mol. The molecule has 1 aromatic carbocycles. The van der Waals surface area contributed by atoms with Crippen LogP contribution in [0.4, 0.5) is 0 Å². The molecule has 0 amide bonds. The Bertz CT molecular complexity index is 150. The second-order valence-corrected chi connectivity index (χ2v) is 2.15. The van der Waals surface area contributed by atoms with Gasteiger partial charge in [-0.25, -0.2) is 0 Å². The van der Waals surface area contributed by atoms with Gasteiger partial charge in [0.2, 0.25) is 0 Å². The highest BCUT2D eigenvalue weighted by Gasteiger charge is 1.79. The Morgan fingerprint density at radius 3 is 0.917 bits per heavy atom. The summed E-state index contributed by atoms with van der Waals surface area (Å²) in [5.74, 6) is 0. The summed E-state index contributed by atoms with van der Waals surface area (Å²) in [6.45, 7) is 4.19. The highest BCUT2D eigenvalue weighted by Crippen LogP contribution is 1.99. The zero-order chi connectivity index (χ0) is 5.98. The number of halogens is 4. The molecular formula is C8H14Cl4. The van der Waals surface area contributed by atoms with Crippen molar-refractivity contribution in [2.75, 3.05) is 0 Å². The minimum Gasteiger partial charge on any atom is -0.147 e. The molecule has 0 atom stereocenters. The van der Waals surface area contributed by atoms with E-state index in [1.165, 1.54) is 11.1 Å². The average molecular weight is 252 g/mol. The topological polar surface area (TPSA) is 0 Å². The number of rotatable bonds is 0. The molecule has 0 nitrogen and oxygen atoms in total. The van der Waals surface area contributed by atoms with E-state index < -0.39 is 0 Å². The van der Waals surface area contributed by atoms with Crippen molar-refractivity contribution in [3.63, 3.8) is 0 Å². The Morgan fingerprint density at radius 2 is 0.750 bits per heavy atom. The second-order valence-electron chi connectivity index (χ2n) is 2.15. The molecule has 0 bridgehead atoms. The maximum atomic E-state index is 2.12. The Hall–Kier alpha value is 0.380. The highest BCUT2D eigenvalue weighted by molar-refractivity contribution is 5.86. The van der Waals surface area contributed by atoms with Crippen molar-refractivity contribution in [2.45, 2.75) is 13.8 Å². The van der Waals surface area contributed by atoms with Gasteiger partial charge in [-0.3, -0.25) is 0 Å². The lowest BCUT2D eigenvalue weighted by atomic mass is 10.2. The highest BCUT2D eigenvalue weighted by atomic mass is 35.5. The molecule has 0 N–H and O–H groups in total. The molecule has 0 saturated carbocycles. The SMILES string of the molecule is Cc1ccc(C)cc1.Cl.Cl.Cl.Cl. The first-order valence-corrected chi connectivity index (χ1v) is 2.82. The molecule has 0 heterocycles. The van der Waals surface area contributed by atoms with Gasteiger partial charge in [0.25, 0.3) is 0 Å². The van der Waals surface area contributed by atoms with Crippen LogP contribution in [0.5, 0.6) is 0 Å². The van der Waals surface area contributed by atoms with Crippen LogP contribution in [0.3, 0.4) is 0 Å². The lowest BCUT2D eigenvalue weighted by molar-refractivity contribution is 1.40. The third kappa shape index (κ3) is 8.48. The molecule has 4 heteroatoms. The molecule has 0 fully saturated rings. The molecule has 1 rings (SSSR count). The van der Waals surface area contributed by atoms with Crippen LogP contribution in [0, 0.1) is 13.8 Å². The number of hydrogen-bond donors (Lipinski definition) is 0. The minimum atomic E-state index is 0. The van der Waals surface area contributed by atoms with E-state index in [0.717, 1.165) is 0 Å². The van der Waals surface area contributed by atoms with Gasteiger partial charge in [0, 0.05) is 0 Å². The second kappa shape index (κ2) is 11.4. The molecule has 0 aliphatic carbocycles. The van der Waals surface area contributed by atoms with Gasteiger partial charge in [0.05, 0.1) is 0 Å². The zero-order valence-electron chi connectivity index (χ0n) is 6.94. The van der Waals surface area contributed by atoms with E-state index in [2.05, 4.69) is 38.1 Å². The molecule has 0 aliphatic heterocycles. The summed E-state index contributed by atoms with van der Waals surface area (Å²) in [4.78, 5) is 0. The maximum Gasteiger partial charge on any atom is -0.0398 e. The van der Waals surface area contributed by atoms with Crippen molar-refractivity contribution in [1.82, 2.24) is 0 Å². The van der Waals surface area contributed by atoms with E-state index in [1.807, 2.05) is 0 Å². The Balaban J connectivity index is -0.0000000800. The van der Waals surface area contributed by atoms with Crippen LogP contribution in [0.2, 0.25) is 0 Å². The monoisotopic (exact) mass is 250 g/mol. The first kappa shape index (κ1) is 22.8. The van der Waals surface area contributed by atoms with Crippen molar-refractivity contribution >= 4 is 49.6 Å². The molecule has 74 valence electrons. The van der Waals surface area contributed by atoms with Gasteiger partial charge in [0.1, 0.15) is 0 Å². The van der Waals surface area contributed by atoms with Crippen molar-refractivity contribution in [2.24, 2.45) is 0 Å². The van der Waals surface area contributed by atoms with Crippen molar-refractivity contribution in [3.05, 3.63) is 35.4 Å². The van der Waals surface area contributed by atoms with Gasteiger partial charge < -0.3 is 0 Å². The van der Waals surface area contributed by atoms with Crippen LogP contribution in [0.1, 0.15) is 11.1 Å². The summed E-state index contributed by atoms with van der Waals surface area (Å²) in [5.41, 5.74) is 2.66. The first-order chi connectivity index (χ1) is 3.79. The summed E-state index contributed by atoms with van der Waals surface area (Å²) in [7, 11) is 0. The molecule has 0 aromatic heterocycles. The smallest absolute Gasteiger partial charge is 0.0398 e. The lowest BCUT2D eigenvalue weighted by Crippen LogP contribution is -1.70. The summed E-state index contributed by atoms with van der Waals surface area (Å²) < 4.78 is 0. The average Bonchev–Trinajstić information content (AvgIpc) is 1.77. The van der Waals surface area contributed by atoms with Crippen LogP contribution >= 0.6 is 49.6 Å². The van der Waals surface area contributed by atoms with Gasteiger partial charge in [-0.15, -0.1) is 49.6 Å². The van der Waals surface area contributed by atoms with Crippen LogP contribution < -0.4 is 0 Å². The normalized spacial score (nSPS) is 6.17. The molecule has 0 unspecified atom stereocenters. The van der Waals surface area contributed by atoms with Crippen molar-refractivity contribution in [1.29, 1.82) is 0 Å². The van der Waals surface area contributed by atoms with Crippen molar-refractivity contribution < 1.29 is 0 Å². The molecule has 1 aromatic rings. The third-order valence-electron chi connectivity index (χ3n) is 1.22. The Kier molecular flexibility index (Phi) is 21.7. The molecule has 0 radical (unpaired) electrons. The fourth-order valence-electron chi connectivity index (χ4n) is 0.637. The van der Waals surface area contributed by atoms with Gasteiger partial charge in [-0.1, -0.05) is 35.4 Å². The van der Waals surface area contributed by atoms with Gasteiger partial charge in [-0.2, -0.15) is 0 Å². The molecule has 0 spiro atoms. The number of benzene rings is 1. The quantitative estimate of drug-likeness (QED) is 0.654. The predicted molar refractivity (Wildman–Crippen MR) is 64.9 cm³/mol. The largest absolute Gasteiger partial charge is 0.147 e. The van der Waals surface area contributed by atoms with Crippen LogP contribution in [0.25, 0.3) is 0 Å². The molecule has 0 saturated heterocycles. The standard InChI is InChI=1S/C8H10.4ClH/c1-7-3-5-8(2)6-4-7;;;;/h3-6H,1-2H3;4*1H. The summed E-state index contributed by atoms with van der Waals surface area (Å²) in [5, 5.41) is 0. The fraction of sp³-hybridized carbons (Fsp3) is 0.250. The first-order valence-electron chi connectivity index (χ1n) is 2.82. The van der Waals surface area contributed by atoms with Crippen LogP contribution in [0.15, 0.2) is 24.3 Å². The van der Waals surface area contributed by atoms with E-state index in [4.69, 9.17) is 0 Å². The van der Waals surface area contributed by atoms with Crippen LogP contribution in [-0.2, 0) is 0 Å². The number of aryl methyl sites for hydroxylation is 2. The van der Waals surface area contributed by atoms with E-state index in [-0.39, 0.29) is 49.6 Å². The summed E-state index contributed by atoms with van der Waals surface area (Å²) >= 11 is 0. The maximum absolute atomic E-state index is 2.12. The fourth-order valence-corrected chi connectivity index (χ4v) is 0.637. The van der Waals surface area contributed by atoms with Crippen molar-refractivity contribution in [3.8, 4) is 0 Å².